The maximum absolute atomic E-state index is 7.38. The Hall–Kier alpha value is -8.07. The summed E-state index contributed by atoms with van der Waals surface area (Å²) < 4.78 is 4.57. The Labute approximate surface area is 342 Å². The summed E-state index contributed by atoms with van der Waals surface area (Å²) >= 11 is 0. The molecule has 11 rings (SSSR count). The van der Waals surface area contributed by atoms with Crippen LogP contribution in [0.3, 0.4) is 0 Å². The molecule has 5 nitrogen and oxygen atoms in total. The molecule has 58 heavy (non-hydrogen) atoms. The van der Waals surface area contributed by atoms with Crippen LogP contribution in [0.15, 0.2) is 200 Å². The minimum absolute atomic E-state index is 0. The third kappa shape index (κ3) is 5.55. The molecule has 0 saturated carbocycles. The second kappa shape index (κ2) is 13.6. The van der Waals surface area contributed by atoms with Crippen molar-refractivity contribution >= 4 is 49.3 Å². The zero-order valence-corrected chi connectivity index (χ0v) is 31.3. The Kier molecular flexibility index (Phi) is 7.80. The van der Waals surface area contributed by atoms with Crippen LogP contribution < -0.4 is 0 Å². The minimum atomic E-state index is 0. The lowest BCUT2D eigenvalue weighted by molar-refractivity contribution is 0.996. The monoisotopic (exact) mass is 749 g/mol. The van der Waals surface area contributed by atoms with Crippen LogP contribution in [0.4, 0.5) is 5.69 Å². The summed E-state index contributed by atoms with van der Waals surface area (Å²) in [7, 11) is 0. The third-order valence-electron chi connectivity index (χ3n) is 11.2. The summed E-state index contributed by atoms with van der Waals surface area (Å²) in [6, 6.07) is 69.9. The molecule has 0 aliphatic rings. The van der Waals surface area contributed by atoms with Crippen LogP contribution in [0.1, 0.15) is 7.13 Å². The van der Waals surface area contributed by atoms with Crippen molar-refractivity contribution in [3.63, 3.8) is 0 Å². The number of rotatable bonds is 6. The number of hydrogen-bond donors (Lipinski definition) is 0. The standard InChI is InChI=1S/C53H33N5.5H2/c1-54-41-27-23-35(24-28-41)37-15-12-16-40(31-37)48-34-47(36-13-4-2-5-14-36)55-53(56-48)58-50-22-11-8-19-43(50)45-29-25-39(33-52(45)58)38-26-30-51-46(32-38)44-20-9-10-21-49(44)57(51)42-17-6-3-7-18-42;;;;;/h2-34H;5*1H. The van der Waals surface area contributed by atoms with E-state index >= 15 is 0 Å². The van der Waals surface area contributed by atoms with Crippen molar-refractivity contribution in [2.24, 2.45) is 0 Å². The predicted octanol–water partition coefficient (Wildman–Crippen LogP) is 15.1. The first-order chi connectivity index (χ1) is 28.7. The number of fused-ring (bicyclic) bond motifs is 6. The van der Waals surface area contributed by atoms with Crippen LogP contribution in [-0.4, -0.2) is 19.1 Å². The first-order valence-corrected chi connectivity index (χ1v) is 19.4. The lowest BCUT2D eigenvalue weighted by atomic mass is 10.0. The van der Waals surface area contributed by atoms with E-state index in [1.165, 1.54) is 21.8 Å². The fraction of sp³-hybridized carbons (Fsp3) is 0. The fourth-order valence-electron chi connectivity index (χ4n) is 8.40. The van der Waals surface area contributed by atoms with E-state index in [4.69, 9.17) is 16.5 Å². The highest BCUT2D eigenvalue weighted by molar-refractivity contribution is 6.12. The topological polar surface area (TPSA) is 40.0 Å². The van der Waals surface area contributed by atoms with E-state index in [9.17, 15) is 0 Å². The van der Waals surface area contributed by atoms with Crippen LogP contribution >= 0.6 is 0 Å². The quantitative estimate of drug-likeness (QED) is 0.159. The van der Waals surface area contributed by atoms with Gasteiger partial charge in [0.1, 0.15) is 0 Å². The van der Waals surface area contributed by atoms with Gasteiger partial charge in [-0.05, 0) is 76.9 Å². The van der Waals surface area contributed by atoms with E-state index in [1.807, 2.05) is 42.5 Å². The summed E-state index contributed by atoms with van der Waals surface area (Å²) in [5, 5.41) is 4.72. The van der Waals surface area contributed by atoms with Crippen molar-refractivity contribution in [3.8, 4) is 56.4 Å². The molecule has 3 aromatic heterocycles. The third-order valence-corrected chi connectivity index (χ3v) is 11.2. The number of para-hydroxylation sites is 3. The maximum Gasteiger partial charge on any atom is 0.235 e. The van der Waals surface area contributed by atoms with Gasteiger partial charge < -0.3 is 4.57 Å². The summed E-state index contributed by atoms with van der Waals surface area (Å²) in [5.41, 5.74) is 14.2. The summed E-state index contributed by atoms with van der Waals surface area (Å²) in [6.07, 6.45) is 0. The SMILES string of the molecule is [C-]#[N+]c1ccc(-c2cccc(-c3cc(-c4ccccc4)nc(-n4c5ccccc5c5ccc(-c6ccc7c(c6)c6ccccc6n7-c6ccccc6)cc54)n3)c2)cc1.[HH].[HH].[HH].[HH].[HH]. The number of benzene rings is 8. The second-order valence-corrected chi connectivity index (χ2v) is 14.5. The molecule has 0 fully saturated rings. The van der Waals surface area contributed by atoms with Gasteiger partial charge in [-0.3, -0.25) is 4.57 Å². The molecule has 0 amide bonds. The van der Waals surface area contributed by atoms with Crippen molar-refractivity contribution in [1.82, 2.24) is 19.1 Å². The van der Waals surface area contributed by atoms with E-state index in [-0.39, 0.29) is 7.13 Å². The van der Waals surface area contributed by atoms with Gasteiger partial charge in [-0.25, -0.2) is 14.8 Å². The zero-order chi connectivity index (χ0) is 38.6. The lowest BCUT2D eigenvalue weighted by Crippen LogP contribution is -2.04. The molecule has 3 heterocycles. The maximum atomic E-state index is 7.38. The van der Waals surface area contributed by atoms with E-state index in [0.717, 1.165) is 72.3 Å². The van der Waals surface area contributed by atoms with E-state index in [1.54, 1.807) is 0 Å². The Bertz CT molecular complexity index is 3410. The second-order valence-electron chi connectivity index (χ2n) is 14.5. The largest absolute Gasteiger partial charge is 0.309 e. The van der Waals surface area contributed by atoms with Crippen molar-refractivity contribution in [2.75, 3.05) is 0 Å². The van der Waals surface area contributed by atoms with Crippen molar-refractivity contribution < 1.29 is 7.13 Å². The van der Waals surface area contributed by atoms with Crippen LogP contribution in [0.25, 0.3) is 105 Å². The smallest absolute Gasteiger partial charge is 0.235 e. The number of hydrogen-bond acceptors (Lipinski definition) is 2. The molecule has 0 atom stereocenters. The Balaban J connectivity index is 0.00000132. The summed E-state index contributed by atoms with van der Waals surface area (Å²) in [4.78, 5) is 14.2. The van der Waals surface area contributed by atoms with Crippen LogP contribution in [-0.2, 0) is 0 Å². The molecule has 0 aliphatic carbocycles. The average molecular weight is 750 g/mol. The fourth-order valence-corrected chi connectivity index (χ4v) is 8.40. The average Bonchev–Trinajstić information content (AvgIpc) is 3.82. The molecule has 0 spiro atoms. The molecule has 0 N–H and O–H groups in total. The summed E-state index contributed by atoms with van der Waals surface area (Å²) in [5.74, 6) is 0.605. The highest BCUT2D eigenvalue weighted by Gasteiger charge is 2.19. The normalized spacial score (nSPS) is 11.4. The van der Waals surface area contributed by atoms with Gasteiger partial charge in [-0.1, -0.05) is 146 Å². The first-order valence-electron chi connectivity index (χ1n) is 19.4. The molecule has 8 aromatic carbocycles. The minimum Gasteiger partial charge on any atom is -0.309 e. The van der Waals surface area contributed by atoms with E-state index in [0.29, 0.717) is 11.6 Å². The van der Waals surface area contributed by atoms with Crippen molar-refractivity contribution in [2.45, 2.75) is 0 Å². The van der Waals surface area contributed by atoms with Crippen LogP contribution in [0.5, 0.6) is 0 Å². The number of nitrogens with zero attached hydrogens (tertiary/aromatic N) is 5. The van der Waals surface area contributed by atoms with Crippen molar-refractivity contribution in [1.29, 1.82) is 0 Å². The van der Waals surface area contributed by atoms with Crippen molar-refractivity contribution in [3.05, 3.63) is 212 Å². The molecule has 0 bridgehead atoms. The lowest BCUT2D eigenvalue weighted by Gasteiger charge is -2.13. The molecule has 0 unspecified atom stereocenters. The molecule has 280 valence electrons. The van der Waals surface area contributed by atoms with Gasteiger partial charge in [0.2, 0.25) is 5.95 Å². The Morgan fingerprint density at radius 3 is 1.66 bits per heavy atom. The van der Waals surface area contributed by atoms with Gasteiger partial charge in [0.25, 0.3) is 0 Å². The van der Waals surface area contributed by atoms with Gasteiger partial charge in [0.05, 0.1) is 40.0 Å². The van der Waals surface area contributed by atoms with Crippen LogP contribution in [0.2, 0.25) is 0 Å². The molecule has 11 aromatic rings. The summed E-state index contributed by atoms with van der Waals surface area (Å²) in [6.45, 7) is 7.38. The Morgan fingerprint density at radius 2 is 0.897 bits per heavy atom. The van der Waals surface area contributed by atoms with Gasteiger partial charge in [-0.2, -0.15) is 0 Å². The zero-order valence-electron chi connectivity index (χ0n) is 31.3. The number of aromatic nitrogens is 4. The highest BCUT2D eigenvalue weighted by Crippen LogP contribution is 2.39. The van der Waals surface area contributed by atoms with E-state index in [2.05, 4.69) is 172 Å². The van der Waals surface area contributed by atoms with Gasteiger partial charge in [0, 0.05) is 45.5 Å². The molecule has 0 aliphatic heterocycles. The highest BCUT2D eigenvalue weighted by atomic mass is 15.2. The molecule has 5 heteroatoms. The molecule has 0 radical (unpaired) electrons. The predicted molar refractivity (Wildman–Crippen MR) is 249 cm³/mol. The Morgan fingerprint density at radius 1 is 0.362 bits per heavy atom. The molecular weight excluding hydrogens is 707 g/mol. The van der Waals surface area contributed by atoms with Gasteiger partial charge in [-0.15, -0.1) is 0 Å². The van der Waals surface area contributed by atoms with Crippen LogP contribution in [0, 0.1) is 6.57 Å². The van der Waals surface area contributed by atoms with Gasteiger partial charge >= 0.3 is 0 Å². The molecule has 0 saturated heterocycles. The first kappa shape index (κ1) is 33.3. The van der Waals surface area contributed by atoms with Gasteiger partial charge in [0.15, 0.2) is 5.69 Å². The van der Waals surface area contributed by atoms with E-state index < -0.39 is 0 Å². The molecular formula is C53H43N5.